The molecule has 3 aromatic rings. The summed E-state index contributed by atoms with van der Waals surface area (Å²) in [6, 6.07) is 27.4. The fourth-order valence-corrected chi connectivity index (χ4v) is 3.25. The third-order valence-corrected chi connectivity index (χ3v) is 5.19. The highest BCUT2D eigenvalue weighted by molar-refractivity contribution is 6.30. The molecule has 1 N–H and O–H groups in total. The molecule has 1 atom stereocenters. The predicted octanol–water partition coefficient (Wildman–Crippen LogP) is 5.07. The van der Waals surface area contributed by atoms with Gasteiger partial charge in [0, 0.05) is 11.6 Å². The summed E-state index contributed by atoms with van der Waals surface area (Å²) in [4.78, 5) is 15.0. The van der Waals surface area contributed by atoms with Gasteiger partial charge in [-0.15, -0.1) is 0 Å². The highest BCUT2D eigenvalue weighted by Crippen LogP contribution is 2.22. The lowest BCUT2D eigenvalue weighted by Gasteiger charge is -2.27. The molecule has 0 aliphatic heterocycles. The average molecular weight is 393 g/mol. The Kier molecular flexibility index (Phi) is 6.85. The number of nitrogens with one attached hydrogen (secondary N) is 1. The summed E-state index contributed by atoms with van der Waals surface area (Å²) in [7, 11) is 1.96. The number of hydrogen-bond donors (Lipinski definition) is 1. The van der Waals surface area contributed by atoms with E-state index in [0.29, 0.717) is 11.6 Å². The summed E-state index contributed by atoms with van der Waals surface area (Å²) >= 11 is 5.96. The van der Waals surface area contributed by atoms with E-state index in [1.807, 2.05) is 104 Å². The Morgan fingerprint density at radius 3 is 1.89 bits per heavy atom. The number of benzene rings is 3. The number of amides is 1. The molecular formula is C24H25ClN2O. The molecule has 0 heterocycles. The van der Waals surface area contributed by atoms with Gasteiger partial charge >= 0.3 is 0 Å². The van der Waals surface area contributed by atoms with Crippen LogP contribution in [0.3, 0.4) is 0 Å². The molecule has 0 aliphatic rings. The summed E-state index contributed by atoms with van der Waals surface area (Å²) in [6.07, 6.45) is 0. The average Bonchev–Trinajstić information content (AvgIpc) is 2.74. The van der Waals surface area contributed by atoms with Gasteiger partial charge in [0.25, 0.3) is 0 Å². The van der Waals surface area contributed by atoms with Crippen LogP contribution in [0.15, 0.2) is 84.9 Å². The van der Waals surface area contributed by atoms with Crippen LogP contribution in [0.5, 0.6) is 0 Å². The Labute approximate surface area is 172 Å². The van der Waals surface area contributed by atoms with Crippen LogP contribution in [-0.4, -0.2) is 23.9 Å². The fraction of sp³-hybridized carbons (Fsp3) is 0.208. The topological polar surface area (TPSA) is 32.3 Å². The van der Waals surface area contributed by atoms with Crippen LogP contribution in [0.2, 0.25) is 5.02 Å². The molecule has 0 fully saturated rings. The van der Waals surface area contributed by atoms with Gasteiger partial charge in [0.2, 0.25) is 5.91 Å². The first-order chi connectivity index (χ1) is 13.5. The highest BCUT2D eigenvalue weighted by Gasteiger charge is 2.23. The Morgan fingerprint density at radius 2 is 1.39 bits per heavy atom. The summed E-state index contributed by atoms with van der Waals surface area (Å²) < 4.78 is 0. The minimum Gasteiger partial charge on any atom is -0.344 e. The van der Waals surface area contributed by atoms with E-state index in [1.165, 1.54) is 0 Å². The molecule has 28 heavy (non-hydrogen) atoms. The van der Waals surface area contributed by atoms with Gasteiger partial charge < -0.3 is 5.32 Å². The van der Waals surface area contributed by atoms with Gasteiger partial charge in [-0.25, -0.2) is 0 Å². The van der Waals surface area contributed by atoms with Crippen LogP contribution in [0.25, 0.3) is 0 Å². The highest BCUT2D eigenvalue weighted by atomic mass is 35.5. The summed E-state index contributed by atoms with van der Waals surface area (Å²) in [5.74, 6) is -0.00540. The van der Waals surface area contributed by atoms with Gasteiger partial charge in [-0.1, -0.05) is 84.4 Å². The van der Waals surface area contributed by atoms with Gasteiger partial charge in [-0.3, -0.25) is 9.69 Å². The molecule has 3 aromatic carbocycles. The van der Waals surface area contributed by atoms with E-state index < -0.39 is 0 Å². The first-order valence-electron chi connectivity index (χ1n) is 9.39. The molecule has 3 rings (SSSR count). The first-order valence-corrected chi connectivity index (χ1v) is 9.77. The molecule has 0 radical (unpaired) electrons. The molecule has 0 aliphatic carbocycles. The van der Waals surface area contributed by atoms with Gasteiger partial charge in [-0.2, -0.15) is 0 Å². The monoisotopic (exact) mass is 392 g/mol. The number of carbonyl (C=O) groups is 1. The van der Waals surface area contributed by atoms with E-state index in [1.54, 1.807) is 0 Å². The molecule has 144 valence electrons. The van der Waals surface area contributed by atoms with Gasteiger partial charge in [0.1, 0.15) is 0 Å². The van der Waals surface area contributed by atoms with E-state index >= 15 is 0 Å². The van der Waals surface area contributed by atoms with Crippen molar-refractivity contribution in [1.82, 2.24) is 10.2 Å². The summed E-state index contributed by atoms with van der Waals surface area (Å²) in [5.41, 5.74) is 3.25. The SMILES string of the molecule is CC(C(=O)NC(c1ccccc1)c1ccccc1)N(C)Cc1ccc(Cl)cc1. The number of likely N-dealkylation sites (N-methyl/N-ethyl adjacent to an activating group) is 1. The minimum atomic E-state index is -0.273. The van der Waals surface area contributed by atoms with Gasteiger partial charge in [0.05, 0.1) is 12.1 Å². The van der Waals surface area contributed by atoms with Crippen molar-refractivity contribution in [2.24, 2.45) is 0 Å². The van der Waals surface area contributed by atoms with Gasteiger partial charge in [-0.05, 0) is 42.8 Å². The molecule has 4 heteroatoms. The molecule has 0 spiro atoms. The lowest BCUT2D eigenvalue weighted by atomic mass is 9.98. The Balaban J connectivity index is 1.73. The zero-order chi connectivity index (χ0) is 19.9. The van der Waals surface area contributed by atoms with E-state index in [0.717, 1.165) is 16.7 Å². The molecule has 0 saturated heterocycles. The standard InChI is InChI=1S/C24H25ClN2O/c1-18(27(2)17-19-13-15-22(25)16-14-19)24(28)26-23(20-9-5-3-6-10-20)21-11-7-4-8-12-21/h3-16,18,23H,17H2,1-2H3,(H,26,28). The summed E-state index contributed by atoms with van der Waals surface area (Å²) in [5, 5.41) is 3.94. The molecule has 1 unspecified atom stereocenters. The third kappa shape index (κ3) is 5.22. The zero-order valence-corrected chi connectivity index (χ0v) is 16.9. The predicted molar refractivity (Wildman–Crippen MR) is 115 cm³/mol. The smallest absolute Gasteiger partial charge is 0.237 e. The number of halogens is 1. The number of carbonyl (C=O) groups excluding carboxylic acids is 1. The largest absolute Gasteiger partial charge is 0.344 e. The van der Waals surface area contributed by atoms with Crippen molar-refractivity contribution in [1.29, 1.82) is 0 Å². The van der Waals surface area contributed by atoms with Crippen molar-refractivity contribution < 1.29 is 4.79 Å². The maximum absolute atomic E-state index is 13.0. The van der Waals surface area contributed by atoms with Crippen molar-refractivity contribution in [2.45, 2.75) is 25.6 Å². The first kappa shape index (κ1) is 20.1. The maximum atomic E-state index is 13.0. The van der Waals surface area contributed by atoms with Crippen LogP contribution >= 0.6 is 11.6 Å². The molecule has 0 bridgehead atoms. The second kappa shape index (κ2) is 9.54. The van der Waals surface area contributed by atoms with Gasteiger partial charge in [0.15, 0.2) is 0 Å². The second-order valence-corrected chi connectivity index (χ2v) is 7.42. The van der Waals surface area contributed by atoms with Crippen molar-refractivity contribution in [2.75, 3.05) is 7.05 Å². The van der Waals surface area contributed by atoms with Crippen LogP contribution in [-0.2, 0) is 11.3 Å². The quantitative estimate of drug-likeness (QED) is 0.609. The zero-order valence-electron chi connectivity index (χ0n) is 16.2. The Bertz CT molecular complexity index is 842. The molecule has 0 aromatic heterocycles. The Hall–Kier alpha value is -2.62. The van der Waals surface area contributed by atoms with Crippen LogP contribution in [0, 0.1) is 0 Å². The number of nitrogens with zero attached hydrogens (tertiary/aromatic N) is 1. The van der Waals surface area contributed by atoms with Crippen LogP contribution in [0.4, 0.5) is 0 Å². The molecule has 0 saturated carbocycles. The van der Waals surface area contributed by atoms with Crippen molar-refractivity contribution in [3.63, 3.8) is 0 Å². The second-order valence-electron chi connectivity index (χ2n) is 6.98. The molecule has 3 nitrogen and oxygen atoms in total. The number of hydrogen-bond acceptors (Lipinski definition) is 2. The van der Waals surface area contributed by atoms with Crippen LogP contribution in [0.1, 0.15) is 29.7 Å². The maximum Gasteiger partial charge on any atom is 0.237 e. The number of rotatable bonds is 7. The third-order valence-electron chi connectivity index (χ3n) is 4.94. The minimum absolute atomic E-state index is 0.00540. The van der Waals surface area contributed by atoms with E-state index in [4.69, 9.17) is 11.6 Å². The lowest BCUT2D eigenvalue weighted by molar-refractivity contribution is -0.126. The van der Waals surface area contributed by atoms with E-state index in [9.17, 15) is 4.79 Å². The normalized spacial score (nSPS) is 12.2. The molecular weight excluding hydrogens is 368 g/mol. The lowest BCUT2D eigenvalue weighted by Crippen LogP contribution is -2.44. The van der Waals surface area contributed by atoms with E-state index in [-0.39, 0.29) is 18.0 Å². The van der Waals surface area contributed by atoms with Crippen molar-refractivity contribution in [3.8, 4) is 0 Å². The van der Waals surface area contributed by atoms with Crippen molar-refractivity contribution >= 4 is 17.5 Å². The molecule has 1 amide bonds. The Morgan fingerprint density at radius 1 is 0.893 bits per heavy atom. The summed E-state index contributed by atoms with van der Waals surface area (Å²) in [6.45, 7) is 2.60. The van der Waals surface area contributed by atoms with E-state index in [2.05, 4.69) is 5.32 Å². The fourth-order valence-electron chi connectivity index (χ4n) is 3.13. The van der Waals surface area contributed by atoms with Crippen molar-refractivity contribution in [3.05, 3.63) is 107 Å². The van der Waals surface area contributed by atoms with Crippen LogP contribution < -0.4 is 5.32 Å².